The molecule has 2 N–H and O–H groups in total. The highest BCUT2D eigenvalue weighted by Gasteiger charge is 2.55. The number of carbonyl (C=O) groups excluding carboxylic acids is 1. The lowest BCUT2D eigenvalue weighted by atomic mass is 9.93. The van der Waals surface area contributed by atoms with Gasteiger partial charge in [0.15, 0.2) is 15.7 Å². The molecule has 65 heavy (non-hydrogen) atoms. The second kappa shape index (κ2) is 17.3. The average Bonchev–Trinajstić information content (AvgIpc) is 3.90. The van der Waals surface area contributed by atoms with Crippen LogP contribution in [-0.4, -0.2) is 69.5 Å². The third-order valence-corrected chi connectivity index (χ3v) is 15.9. The van der Waals surface area contributed by atoms with Crippen LogP contribution >= 0.6 is 0 Å². The first kappa shape index (κ1) is 47.4. The van der Waals surface area contributed by atoms with Crippen LogP contribution in [0.15, 0.2) is 48.5 Å². The molecule has 2 aliphatic rings. The summed E-state index contributed by atoms with van der Waals surface area (Å²) < 4.78 is 172. The number of nitrogens with zero attached hydrogens (tertiary/aromatic N) is 5. The maximum absolute atomic E-state index is 15.7. The highest BCUT2D eigenvalue weighted by Crippen LogP contribution is 2.54. The molecule has 1 fully saturated rings. The average molecular weight is 954 g/mol. The Balaban J connectivity index is 1.43. The van der Waals surface area contributed by atoms with Gasteiger partial charge in [-0.3, -0.25) is 18.9 Å². The highest BCUT2D eigenvalue weighted by atomic mass is 32.2. The summed E-state index contributed by atoms with van der Waals surface area (Å²) in [5, 5.41) is 9.98. The van der Waals surface area contributed by atoms with Crippen molar-refractivity contribution in [2.75, 3.05) is 10.5 Å². The Hall–Kier alpha value is -5.56. The van der Waals surface area contributed by atoms with E-state index in [4.69, 9.17) is 4.98 Å². The SMILES string of the molecule is CCS(=O)(=O)Nc1nn(CC(F)F)c2c(-c3ccc(C#CC(C)(C)S(=O)(=O)C4CC4)nc3[C@H](Cc3cc(F)cc(F)c3)NC(=O)Cn3nc(C(F)F)c4c3C(F)(F)[C@H](C)[C@@H]4C)cccc12. The van der Waals surface area contributed by atoms with E-state index in [0.29, 0.717) is 23.6 Å². The predicted octanol–water partition coefficient (Wildman–Crippen LogP) is 8.19. The molecule has 348 valence electrons. The lowest BCUT2D eigenvalue weighted by Crippen LogP contribution is -2.35. The number of aromatic nitrogens is 5. The van der Waals surface area contributed by atoms with Gasteiger partial charge in [0.25, 0.3) is 18.8 Å². The fourth-order valence-electron chi connectivity index (χ4n) is 8.04. The monoisotopic (exact) mass is 953 g/mol. The number of alkyl halides is 6. The van der Waals surface area contributed by atoms with E-state index in [1.54, 1.807) is 0 Å². The van der Waals surface area contributed by atoms with Crippen LogP contribution in [0.3, 0.4) is 0 Å². The molecule has 3 aromatic heterocycles. The van der Waals surface area contributed by atoms with Gasteiger partial charge in [0.05, 0.1) is 28.3 Å². The number of sulfonamides is 1. The number of hydrogen-bond donors (Lipinski definition) is 2. The summed E-state index contributed by atoms with van der Waals surface area (Å²) in [6.45, 7) is 4.62. The number of amides is 1. The number of carbonyl (C=O) groups is 1. The van der Waals surface area contributed by atoms with Gasteiger partial charge >= 0.3 is 0 Å². The van der Waals surface area contributed by atoms with E-state index in [1.165, 1.54) is 65.0 Å². The minimum atomic E-state index is -4.00. The van der Waals surface area contributed by atoms with Crippen molar-refractivity contribution >= 4 is 42.5 Å². The Kier molecular flexibility index (Phi) is 12.6. The van der Waals surface area contributed by atoms with Crippen LogP contribution in [0.2, 0.25) is 0 Å². The Morgan fingerprint density at radius 3 is 2.23 bits per heavy atom. The molecule has 0 bridgehead atoms. The Labute approximate surface area is 369 Å². The number of halogens is 8. The molecular weight excluding hydrogens is 911 g/mol. The van der Waals surface area contributed by atoms with Crippen molar-refractivity contribution in [1.82, 2.24) is 29.9 Å². The van der Waals surface area contributed by atoms with Crippen molar-refractivity contribution in [3.63, 3.8) is 0 Å². The van der Waals surface area contributed by atoms with Crippen LogP contribution in [0.25, 0.3) is 22.0 Å². The van der Waals surface area contributed by atoms with Crippen molar-refractivity contribution in [3.05, 3.63) is 94.1 Å². The second-order valence-corrected chi connectivity index (χ2v) is 21.5. The molecule has 1 saturated carbocycles. The van der Waals surface area contributed by atoms with E-state index in [2.05, 4.69) is 32.1 Å². The molecule has 5 aromatic rings. The molecule has 0 unspecified atom stereocenters. The minimum Gasteiger partial charge on any atom is -0.346 e. The van der Waals surface area contributed by atoms with E-state index in [-0.39, 0.29) is 44.8 Å². The van der Waals surface area contributed by atoms with E-state index in [9.17, 15) is 48.0 Å². The van der Waals surface area contributed by atoms with E-state index in [1.807, 2.05) is 0 Å². The normalized spacial score (nSPS) is 17.9. The van der Waals surface area contributed by atoms with Crippen LogP contribution in [0.1, 0.15) is 99.7 Å². The molecule has 22 heteroatoms. The molecular formula is C43H43F8N7O5S2. The summed E-state index contributed by atoms with van der Waals surface area (Å²) in [4.78, 5) is 18.9. The van der Waals surface area contributed by atoms with Gasteiger partial charge in [-0.1, -0.05) is 31.9 Å². The first-order chi connectivity index (χ1) is 30.3. The number of rotatable bonds is 15. The first-order valence-electron chi connectivity index (χ1n) is 20.4. The summed E-state index contributed by atoms with van der Waals surface area (Å²) >= 11 is 0. The zero-order chi connectivity index (χ0) is 47.6. The highest BCUT2D eigenvalue weighted by molar-refractivity contribution is 7.94. The molecule has 1 amide bonds. The van der Waals surface area contributed by atoms with Gasteiger partial charge in [-0.15, -0.1) is 0 Å². The van der Waals surface area contributed by atoms with Crippen molar-refractivity contribution in [3.8, 4) is 23.0 Å². The van der Waals surface area contributed by atoms with Gasteiger partial charge in [0.2, 0.25) is 15.9 Å². The van der Waals surface area contributed by atoms with Crippen molar-refractivity contribution in [2.24, 2.45) is 5.92 Å². The number of benzene rings is 2. The Bertz CT molecular complexity index is 2960. The first-order valence-corrected chi connectivity index (χ1v) is 23.6. The van der Waals surface area contributed by atoms with Gasteiger partial charge < -0.3 is 5.32 Å². The quantitative estimate of drug-likeness (QED) is 0.0786. The summed E-state index contributed by atoms with van der Waals surface area (Å²) in [7, 11) is -7.75. The molecule has 2 aliphatic carbocycles. The topological polar surface area (TPSA) is 158 Å². The predicted molar refractivity (Wildman–Crippen MR) is 225 cm³/mol. The summed E-state index contributed by atoms with van der Waals surface area (Å²) in [5.74, 6) is -4.49. The van der Waals surface area contributed by atoms with E-state index >= 15 is 8.78 Å². The smallest absolute Gasteiger partial charge is 0.292 e. The maximum Gasteiger partial charge on any atom is 0.292 e. The number of pyridine rings is 1. The fourth-order valence-corrected chi connectivity index (χ4v) is 10.4. The molecule has 0 radical (unpaired) electrons. The zero-order valence-corrected chi connectivity index (χ0v) is 37.1. The number of hydrogen-bond acceptors (Lipinski definition) is 8. The molecule has 3 atom stereocenters. The number of para-hydroxylation sites is 1. The van der Waals surface area contributed by atoms with Crippen LogP contribution in [-0.2, 0) is 50.1 Å². The van der Waals surface area contributed by atoms with Gasteiger partial charge in [-0.25, -0.2) is 48.2 Å². The lowest BCUT2D eigenvalue weighted by molar-refractivity contribution is -0.123. The van der Waals surface area contributed by atoms with Crippen LogP contribution < -0.4 is 10.0 Å². The molecule has 7 rings (SSSR count). The summed E-state index contributed by atoms with van der Waals surface area (Å²) in [6, 6.07) is 8.05. The van der Waals surface area contributed by atoms with Crippen LogP contribution in [0.5, 0.6) is 0 Å². The molecule has 0 spiro atoms. The lowest BCUT2D eigenvalue weighted by Gasteiger charge is -2.23. The van der Waals surface area contributed by atoms with Crippen LogP contribution in [0, 0.1) is 29.4 Å². The standard InChI is InChI=1S/C43H43F8N7O5S2/c1-6-64(60,61)56-41-31-9-7-8-30(38(31)57(55-41)20-33(46)47)29-13-10-27(14-15-42(4,5)65(62,63)28-11-12-28)52-36(29)32(18-24-16-25(44)19-26(45)17-24)53-34(59)21-58-39-35(37(54-58)40(48)49)22(2)23(3)43(39,50)51/h7-10,13,16-17,19,22-23,28,32-33,40H,6,11-12,18,20-21H2,1-5H3,(H,53,59)(H,55,56)/t22-,23+,32-/m0/s1. The molecule has 3 heterocycles. The number of fused-ring (bicyclic) bond motifs is 2. The van der Waals surface area contributed by atoms with Gasteiger partial charge in [-0.2, -0.15) is 19.0 Å². The molecule has 12 nitrogen and oxygen atoms in total. The van der Waals surface area contributed by atoms with E-state index < -0.39 is 126 Å². The zero-order valence-electron chi connectivity index (χ0n) is 35.4. The number of sulfone groups is 1. The molecule has 0 aliphatic heterocycles. The van der Waals surface area contributed by atoms with Crippen LogP contribution in [0.4, 0.5) is 40.9 Å². The summed E-state index contributed by atoms with van der Waals surface area (Å²) in [6.07, 6.45) is -5.85. The largest absolute Gasteiger partial charge is 0.346 e. The number of anilines is 1. The van der Waals surface area contributed by atoms with Crippen molar-refractivity contribution < 1.29 is 56.8 Å². The number of nitrogens with one attached hydrogen (secondary N) is 2. The Morgan fingerprint density at radius 2 is 1.62 bits per heavy atom. The molecule has 0 saturated heterocycles. The Morgan fingerprint density at radius 1 is 0.938 bits per heavy atom. The van der Waals surface area contributed by atoms with E-state index in [0.717, 1.165) is 16.8 Å². The van der Waals surface area contributed by atoms with Crippen molar-refractivity contribution in [1.29, 1.82) is 0 Å². The summed E-state index contributed by atoms with van der Waals surface area (Å²) in [5.41, 5.74) is -2.44. The van der Waals surface area contributed by atoms with Gasteiger partial charge in [0.1, 0.15) is 46.6 Å². The van der Waals surface area contributed by atoms with Crippen molar-refractivity contribution in [2.45, 2.75) is 108 Å². The second-order valence-electron chi connectivity index (χ2n) is 16.7. The third-order valence-electron chi connectivity index (χ3n) is 11.7. The van der Waals surface area contributed by atoms with Gasteiger partial charge in [0, 0.05) is 34.1 Å². The third kappa shape index (κ3) is 9.31. The minimum absolute atomic E-state index is 0.0425. The maximum atomic E-state index is 15.7. The fraction of sp³-hybridized carbons (Fsp3) is 0.442. The van der Waals surface area contributed by atoms with Gasteiger partial charge in [-0.05, 0) is 87.8 Å². The molecule has 2 aromatic carbocycles.